The van der Waals surface area contributed by atoms with Gasteiger partial charge in [0.15, 0.2) is 0 Å². The Hall–Kier alpha value is -0.770. The van der Waals surface area contributed by atoms with Crippen LogP contribution in [0.1, 0.15) is 39.0 Å². The third-order valence-electron chi connectivity index (χ3n) is 4.12. The molecule has 2 atom stereocenters. The fourth-order valence-electron chi connectivity index (χ4n) is 2.96. The normalized spacial score (nSPS) is 31.9. The number of urea groups is 1. The predicted molar refractivity (Wildman–Crippen MR) is 64.1 cm³/mol. The van der Waals surface area contributed by atoms with E-state index in [0.29, 0.717) is 12.1 Å². The van der Waals surface area contributed by atoms with Crippen molar-refractivity contribution in [2.75, 3.05) is 13.1 Å². The van der Waals surface area contributed by atoms with Gasteiger partial charge in [-0.05, 0) is 31.6 Å². The van der Waals surface area contributed by atoms with E-state index in [-0.39, 0.29) is 6.03 Å². The van der Waals surface area contributed by atoms with E-state index in [1.54, 1.807) is 4.90 Å². The summed E-state index contributed by atoms with van der Waals surface area (Å²) >= 11 is 0. The monoisotopic (exact) mass is 225 g/mol. The standard InChI is InChI=1S/C12H23N3O/c1-9-3-2-4-11(9)14-10-5-7-15(8-6-10)12(13)16/h9-11,14H,2-8H2,1H3,(H2,13,16). The fraction of sp³-hybridized carbons (Fsp3) is 0.917. The molecule has 16 heavy (non-hydrogen) atoms. The summed E-state index contributed by atoms with van der Waals surface area (Å²) in [6.45, 7) is 3.96. The van der Waals surface area contributed by atoms with Crippen molar-refractivity contribution in [3.8, 4) is 0 Å². The van der Waals surface area contributed by atoms with Gasteiger partial charge < -0.3 is 16.0 Å². The molecule has 0 aromatic carbocycles. The van der Waals surface area contributed by atoms with Crippen LogP contribution in [0.25, 0.3) is 0 Å². The van der Waals surface area contributed by atoms with Crippen LogP contribution in [-0.2, 0) is 0 Å². The van der Waals surface area contributed by atoms with Crippen molar-refractivity contribution in [1.29, 1.82) is 0 Å². The number of carbonyl (C=O) groups is 1. The number of primary amides is 1. The molecule has 1 heterocycles. The lowest BCUT2D eigenvalue weighted by molar-refractivity contribution is 0.180. The Morgan fingerprint density at radius 2 is 1.94 bits per heavy atom. The van der Waals surface area contributed by atoms with Gasteiger partial charge in [-0.3, -0.25) is 0 Å². The second-order valence-corrected chi connectivity index (χ2v) is 5.28. The summed E-state index contributed by atoms with van der Waals surface area (Å²) in [6.07, 6.45) is 6.13. The number of likely N-dealkylation sites (tertiary alicyclic amines) is 1. The zero-order valence-electron chi connectivity index (χ0n) is 10.1. The van der Waals surface area contributed by atoms with Crippen LogP contribution >= 0.6 is 0 Å². The maximum absolute atomic E-state index is 11.0. The quantitative estimate of drug-likeness (QED) is 0.744. The molecular weight excluding hydrogens is 202 g/mol. The number of hydrogen-bond donors (Lipinski definition) is 2. The van der Waals surface area contributed by atoms with Crippen molar-refractivity contribution in [1.82, 2.24) is 10.2 Å². The predicted octanol–water partition coefficient (Wildman–Crippen LogP) is 1.31. The van der Waals surface area contributed by atoms with Gasteiger partial charge in [0.2, 0.25) is 0 Å². The Morgan fingerprint density at radius 3 is 2.44 bits per heavy atom. The first-order valence-electron chi connectivity index (χ1n) is 6.47. The first-order valence-corrected chi connectivity index (χ1v) is 6.47. The number of nitrogens with zero attached hydrogens (tertiary/aromatic N) is 1. The number of hydrogen-bond acceptors (Lipinski definition) is 2. The molecule has 0 spiro atoms. The molecule has 1 aliphatic heterocycles. The fourth-order valence-corrected chi connectivity index (χ4v) is 2.96. The molecule has 2 rings (SSSR count). The minimum Gasteiger partial charge on any atom is -0.351 e. The summed E-state index contributed by atoms with van der Waals surface area (Å²) in [5, 5.41) is 3.75. The van der Waals surface area contributed by atoms with E-state index in [0.717, 1.165) is 31.8 Å². The van der Waals surface area contributed by atoms with Gasteiger partial charge in [-0.15, -0.1) is 0 Å². The van der Waals surface area contributed by atoms with Gasteiger partial charge in [0.1, 0.15) is 0 Å². The van der Waals surface area contributed by atoms with E-state index in [2.05, 4.69) is 12.2 Å². The van der Waals surface area contributed by atoms with Crippen LogP contribution in [0.5, 0.6) is 0 Å². The number of nitrogens with two attached hydrogens (primary N) is 1. The Kier molecular flexibility index (Phi) is 3.69. The van der Waals surface area contributed by atoms with Crippen LogP contribution in [0.4, 0.5) is 4.79 Å². The van der Waals surface area contributed by atoms with Crippen molar-refractivity contribution in [2.24, 2.45) is 11.7 Å². The molecule has 0 aromatic rings. The highest BCUT2D eigenvalue weighted by Crippen LogP contribution is 2.26. The third-order valence-corrected chi connectivity index (χ3v) is 4.12. The molecule has 4 heteroatoms. The zero-order chi connectivity index (χ0) is 11.5. The molecule has 4 nitrogen and oxygen atoms in total. The molecule has 0 aromatic heterocycles. The molecular formula is C12H23N3O. The highest BCUT2D eigenvalue weighted by molar-refractivity contribution is 5.72. The number of piperidine rings is 1. The summed E-state index contributed by atoms with van der Waals surface area (Å²) in [6, 6.07) is 1.01. The molecule has 1 aliphatic carbocycles. The number of rotatable bonds is 2. The van der Waals surface area contributed by atoms with Crippen molar-refractivity contribution in [2.45, 2.75) is 51.1 Å². The summed E-state index contributed by atoms with van der Waals surface area (Å²) in [5.41, 5.74) is 5.26. The van der Waals surface area contributed by atoms with Gasteiger partial charge in [-0.25, -0.2) is 4.79 Å². The minimum atomic E-state index is -0.271. The number of nitrogens with one attached hydrogen (secondary N) is 1. The maximum atomic E-state index is 11.0. The summed E-state index contributed by atoms with van der Waals surface area (Å²) in [7, 11) is 0. The molecule has 2 amide bonds. The molecule has 0 bridgehead atoms. The molecule has 1 saturated heterocycles. The lowest BCUT2D eigenvalue weighted by atomic mass is 10.0. The van der Waals surface area contributed by atoms with Crippen LogP contribution in [0, 0.1) is 5.92 Å². The van der Waals surface area contributed by atoms with E-state index >= 15 is 0 Å². The average molecular weight is 225 g/mol. The summed E-state index contributed by atoms with van der Waals surface area (Å²) < 4.78 is 0. The highest BCUT2D eigenvalue weighted by atomic mass is 16.2. The van der Waals surface area contributed by atoms with Crippen LogP contribution in [0.3, 0.4) is 0 Å². The van der Waals surface area contributed by atoms with Crippen LogP contribution in [0.15, 0.2) is 0 Å². The average Bonchev–Trinajstić information content (AvgIpc) is 2.65. The molecule has 3 N–H and O–H groups in total. The lowest BCUT2D eigenvalue weighted by Crippen LogP contribution is -2.49. The van der Waals surface area contributed by atoms with Gasteiger partial charge in [0.05, 0.1) is 0 Å². The Labute approximate surface area is 97.6 Å². The van der Waals surface area contributed by atoms with Gasteiger partial charge in [-0.2, -0.15) is 0 Å². The molecule has 1 saturated carbocycles. The van der Waals surface area contributed by atoms with E-state index in [1.807, 2.05) is 0 Å². The molecule has 0 radical (unpaired) electrons. The van der Waals surface area contributed by atoms with E-state index in [4.69, 9.17) is 5.73 Å². The third kappa shape index (κ3) is 2.67. The molecule has 2 fully saturated rings. The zero-order valence-corrected chi connectivity index (χ0v) is 10.1. The summed E-state index contributed by atoms with van der Waals surface area (Å²) in [4.78, 5) is 12.7. The first-order chi connectivity index (χ1) is 7.66. The largest absolute Gasteiger partial charge is 0.351 e. The minimum absolute atomic E-state index is 0.271. The van der Waals surface area contributed by atoms with Crippen LogP contribution in [-0.4, -0.2) is 36.1 Å². The van der Waals surface area contributed by atoms with Crippen LogP contribution in [0.2, 0.25) is 0 Å². The van der Waals surface area contributed by atoms with Gasteiger partial charge in [-0.1, -0.05) is 13.3 Å². The number of carbonyl (C=O) groups excluding carboxylic acids is 1. The Bertz CT molecular complexity index is 249. The highest BCUT2D eigenvalue weighted by Gasteiger charge is 2.28. The lowest BCUT2D eigenvalue weighted by Gasteiger charge is -2.33. The van der Waals surface area contributed by atoms with Crippen molar-refractivity contribution < 1.29 is 4.79 Å². The van der Waals surface area contributed by atoms with Crippen molar-refractivity contribution >= 4 is 6.03 Å². The number of amides is 2. The maximum Gasteiger partial charge on any atom is 0.314 e. The summed E-state index contributed by atoms with van der Waals surface area (Å²) in [5.74, 6) is 0.814. The Balaban J connectivity index is 1.74. The molecule has 2 aliphatic rings. The molecule has 2 unspecified atom stereocenters. The second kappa shape index (κ2) is 5.04. The van der Waals surface area contributed by atoms with Crippen molar-refractivity contribution in [3.63, 3.8) is 0 Å². The van der Waals surface area contributed by atoms with Gasteiger partial charge in [0.25, 0.3) is 0 Å². The van der Waals surface area contributed by atoms with Crippen molar-refractivity contribution in [3.05, 3.63) is 0 Å². The van der Waals surface area contributed by atoms with E-state index in [1.165, 1.54) is 19.3 Å². The van der Waals surface area contributed by atoms with Gasteiger partial charge >= 0.3 is 6.03 Å². The Morgan fingerprint density at radius 1 is 1.25 bits per heavy atom. The smallest absolute Gasteiger partial charge is 0.314 e. The van der Waals surface area contributed by atoms with E-state index in [9.17, 15) is 4.79 Å². The van der Waals surface area contributed by atoms with Crippen LogP contribution < -0.4 is 11.1 Å². The topological polar surface area (TPSA) is 58.4 Å². The second-order valence-electron chi connectivity index (χ2n) is 5.28. The molecule has 92 valence electrons. The first kappa shape index (κ1) is 11.7. The SMILES string of the molecule is CC1CCCC1NC1CCN(C(N)=O)CC1. The van der Waals surface area contributed by atoms with E-state index < -0.39 is 0 Å². The van der Waals surface area contributed by atoms with Gasteiger partial charge in [0, 0.05) is 25.2 Å².